The lowest BCUT2D eigenvalue weighted by molar-refractivity contribution is -0.384. The molecule has 0 aliphatic carbocycles. The van der Waals surface area contributed by atoms with Gasteiger partial charge in [0, 0.05) is 28.8 Å². The predicted molar refractivity (Wildman–Crippen MR) is 88.9 cm³/mol. The third-order valence-corrected chi connectivity index (χ3v) is 3.47. The maximum atomic E-state index is 11.9. The van der Waals surface area contributed by atoms with Gasteiger partial charge in [0.25, 0.3) is 5.69 Å². The first-order chi connectivity index (χ1) is 11.4. The number of hydrogen-bond acceptors (Lipinski definition) is 6. The molecule has 0 atom stereocenters. The zero-order chi connectivity index (χ0) is 17.3. The average molecular weight is 345 g/mol. The quantitative estimate of drug-likeness (QED) is 0.440. The molecule has 0 amide bonds. The molecule has 3 rings (SSSR count). The zero-order valence-corrected chi connectivity index (χ0v) is 12.7. The summed E-state index contributed by atoms with van der Waals surface area (Å²) in [5.41, 5.74) is -0.430. The number of aliphatic hydroxyl groups is 1. The number of aliphatic hydroxyl groups excluding tert-OH is 1. The van der Waals surface area contributed by atoms with Crippen molar-refractivity contribution >= 4 is 40.2 Å². The van der Waals surface area contributed by atoms with E-state index in [1.165, 1.54) is 18.2 Å². The normalized spacial score (nSPS) is 11.6. The molecular weight excluding hydrogens is 336 g/mol. The van der Waals surface area contributed by atoms with Crippen LogP contribution in [0.2, 0.25) is 5.02 Å². The Labute approximate surface area is 139 Å². The van der Waals surface area contributed by atoms with Crippen molar-refractivity contribution in [1.82, 2.24) is 4.98 Å². The van der Waals surface area contributed by atoms with Crippen molar-refractivity contribution in [3.8, 4) is 0 Å². The maximum absolute atomic E-state index is 11.9. The molecule has 0 bridgehead atoms. The summed E-state index contributed by atoms with van der Waals surface area (Å²) in [6.45, 7) is 0. The highest BCUT2D eigenvalue weighted by molar-refractivity contribution is 6.30. The van der Waals surface area contributed by atoms with Gasteiger partial charge in [0.15, 0.2) is 11.3 Å². The number of aromatic nitrogens is 1. The molecule has 8 heteroatoms. The molecule has 0 unspecified atom stereocenters. The van der Waals surface area contributed by atoms with Crippen LogP contribution in [0.4, 0.5) is 5.69 Å². The minimum Gasteiger partial charge on any atom is -0.507 e. The van der Waals surface area contributed by atoms with Crippen molar-refractivity contribution in [2.45, 2.75) is 0 Å². The predicted octanol–water partition coefficient (Wildman–Crippen LogP) is 3.81. The first-order valence-corrected chi connectivity index (χ1v) is 7.08. The number of nitro groups is 1. The largest absolute Gasteiger partial charge is 0.507 e. The van der Waals surface area contributed by atoms with E-state index in [0.717, 1.165) is 6.08 Å². The van der Waals surface area contributed by atoms with Gasteiger partial charge in [-0.25, -0.2) is 9.78 Å². The number of nitrogens with zero attached hydrogens (tertiary/aromatic N) is 2. The Morgan fingerprint density at radius 2 is 1.96 bits per heavy atom. The number of hydrogen-bond donors (Lipinski definition) is 1. The Hall–Kier alpha value is -3.19. The van der Waals surface area contributed by atoms with Crippen LogP contribution >= 0.6 is 11.6 Å². The van der Waals surface area contributed by atoms with Crippen molar-refractivity contribution in [2.75, 3.05) is 0 Å². The van der Waals surface area contributed by atoms with Gasteiger partial charge in [-0.1, -0.05) is 11.6 Å². The van der Waals surface area contributed by atoms with Gasteiger partial charge in [-0.2, -0.15) is 0 Å². The van der Waals surface area contributed by atoms with Crippen LogP contribution in [-0.2, 0) is 0 Å². The van der Waals surface area contributed by atoms with Crippen LogP contribution in [0, 0.1) is 10.1 Å². The van der Waals surface area contributed by atoms with Crippen molar-refractivity contribution in [3.63, 3.8) is 0 Å². The Bertz CT molecular complexity index is 1020. The number of non-ortho nitro benzene ring substituents is 1. The van der Waals surface area contributed by atoms with Gasteiger partial charge in [-0.15, -0.1) is 0 Å². The Morgan fingerprint density at radius 1 is 1.25 bits per heavy atom. The second-order valence-electron chi connectivity index (χ2n) is 4.83. The summed E-state index contributed by atoms with van der Waals surface area (Å²) in [5, 5.41) is 21.4. The second-order valence-corrected chi connectivity index (χ2v) is 5.27. The van der Waals surface area contributed by atoms with Gasteiger partial charge in [0.1, 0.15) is 11.3 Å². The van der Waals surface area contributed by atoms with Gasteiger partial charge >= 0.3 is 5.63 Å². The molecule has 0 aliphatic heterocycles. The topological polar surface area (TPSA) is 106 Å². The molecular formula is C16H9ClN2O5. The summed E-state index contributed by atoms with van der Waals surface area (Å²) in [4.78, 5) is 26.2. The molecule has 0 radical (unpaired) electrons. The number of rotatable bonds is 3. The summed E-state index contributed by atoms with van der Waals surface area (Å²) >= 11 is 5.77. The lowest BCUT2D eigenvalue weighted by Gasteiger charge is -2.01. The lowest BCUT2D eigenvalue weighted by atomic mass is 10.1. The summed E-state index contributed by atoms with van der Waals surface area (Å²) in [6.07, 6.45) is 1.13. The fraction of sp³-hybridized carbons (Fsp3) is 0. The van der Waals surface area contributed by atoms with Crippen LogP contribution in [0.25, 0.3) is 22.9 Å². The minimum atomic E-state index is -0.767. The minimum absolute atomic E-state index is 0.119. The number of fused-ring (bicyclic) bond motifs is 1. The molecule has 1 N–H and O–H groups in total. The van der Waals surface area contributed by atoms with Crippen LogP contribution in [0.15, 0.2) is 51.7 Å². The lowest BCUT2D eigenvalue weighted by Crippen LogP contribution is -2.06. The van der Waals surface area contributed by atoms with Gasteiger partial charge in [-0.3, -0.25) is 10.1 Å². The SMILES string of the molecule is O=c1oc2ccc([N+](=O)[O-])cc2nc1/C=C(\O)c1ccc(Cl)cc1. The average Bonchev–Trinajstić information content (AvgIpc) is 2.55. The maximum Gasteiger partial charge on any atom is 0.362 e. The molecule has 0 fully saturated rings. The van der Waals surface area contributed by atoms with E-state index in [0.29, 0.717) is 10.6 Å². The molecule has 0 spiro atoms. The van der Waals surface area contributed by atoms with Crippen LogP contribution in [0.5, 0.6) is 0 Å². The second kappa shape index (κ2) is 6.13. The number of nitro benzene ring substituents is 1. The van der Waals surface area contributed by atoms with E-state index in [1.54, 1.807) is 24.3 Å². The number of halogens is 1. The summed E-state index contributed by atoms with van der Waals surface area (Å²) in [5.74, 6) is -0.212. The molecule has 1 aromatic heterocycles. The molecule has 120 valence electrons. The van der Waals surface area contributed by atoms with Crippen molar-refractivity contribution in [1.29, 1.82) is 0 Å². The Kier molecular flexibility index (Phi) is 4.01. The molecule has 1 heterocycles. The summed E-state index contributed by atoms with van der Waals surface area (Å²) in [7, 11) is 0. The first kappa shape index (κ1) is 15.7. The third-order valence-electron chi connectivity index (χ3n) is 3.22. The van der Waals surface area contributed by atoms with E-state index in [1.807, 2.05) is 0 Å². The first-order valence-electron chi connectivity index (χ1n) is 6.70. The highest BCUT2D eigenvalue weighted by Gasteiger charge is 2.12. The van der Waals surface area contributed by atoms with Crippen LogP contribution in [-0.4, -0.2) is 15.0 Å². The molecule has 3 aromatic rings. The molecule has 7 nitrogen and oxygen atoms in total. The summed E-state index contributed by atoms with van der Waals surface area (Å²) in [6, 6.07) is 10.0. The van der Waals surface area contributed by atoms with Gasteiger partial charge in [0.2, 0.25) is 0 Å². The van der Waals surface area contributed by atoms with Crippen LogP contribution in [0.1, 0.15) is 11.3 Å². The third kappa shape index (κ3) is 3.11. The van der Waals surface area contributed by atoms with Crippen molar-refractivity contribution < 1.29 is 14.4 Å². The van der Waals surface area contributed by atoms with E-state index in [2.05, 4.69) is 4.98 Å². The molecule has 0 saturated carbocycles. The molecule has 0 saturated heterocycles. The Morgan fingerprint density at radius 3 is 2.62 bits per heavy atom. The fourth-order valence-corrected chi connectivity index (χ4v) is 2.17. The van der Waals surface area contributed by atoms with Crippen LogP contribution < -0.4 is 5.63 Å². The van der Waals surface area contributed by atoms with E-state index >= 15 is 0 Å². The van der Waals surface area contributed by atoms with E-state index in [4.69, 9.17) is 16.0 Å². The van der Waals surface area contributed by atoms with Crippen molar-refractivity contribution in [2.24, 2.45) is 0 Å². The highest BCUT2D eigenvalue weighted by atomic mass is 35.5. The van der Waals surface area contributed by atoms with Crippen LogP contribution in [0.3, 0.4) is 0 Å². The molecule has 24 heavy (non-hydrogen) atoms. The summed E-state index contributed by atoms with van der Waals surface area (Å²) < 4.78 is 5.07. The van der Waals surface area contributed by atoms with Gasteiger partial charge in [0.05, 0.1) is 4.92 Å². The standard InChI is InChI=1S/C16H9ClN2O5/c17-10-3-1-9(2-4-10)14(20)8-13-16(21)24-15-6-5-11(19(22)23)7-12(15)18-13/h1-8,20H/b14-8-. The van der Waals surface area contributed by atoms with Crippen molar-refractivity contribution in [3.05, 3.63) is 79.3 Å². The molecule has 0 aliphatic rings. The van der Waals surface area contributed by atoms with E-state index in [-0.39, 0.29) is 28.2 Å². The van der Waals surface area contributed by atoms with Gasteiger partial charge < -0.3 is 9.52 Å². The Balaban J connectivity index is 2.09. The zero-order valence-electron chi connectivity index (χ0n) is 12.0. The van der Waals surface area contributed by atoms with E-state index in [9.17, 15) is 20.0 Å². The molecule has 2 aromatic carbocycles. The van der Waals surface area contributed by atoms with Gasteiger partial charge in [-0.05, 0) is 30.3 Å². The monoisotopic (exact) mass is 344 g/mol. The number of benzene rings is 2. The highest BCUT2D eigenvalue weighted by Crippen LogP contribution is 2.20. The fourth-order valence-electron chi connectivity index (χ4n) is 2.05. The smallest absolute Gasteiger partial charge is 0.362 e. The van der Waals surface area contributed by atoms with E-state index < -0.39 is 10.5 Å².